The van der Waals surface area contributed by atoms with Gasteiger partial charge in [0, 0.05) is 5.92 Å². The molecule has 2 atom stereocenters. The third kappa shape index (κ3) is 7.13. The molecule has 0 saturated heterocycles. The molecule has 0 bridgehead atoms. The van der Waals surface area contributed by atoms with E-state index in [-0.39, 0.29) is 0 Å². The molecule has 21 heavy (non-hydrogen) atoms. The Morgan fingerprint density at radius 2 is 1.76 bits per heavy atom. The van der Waals surface area contributed by atoms with E-state index in [4.69, 9.17) is 0 Å². The highest BCUT2D eigenvalue weighted by Crippen LogP contribution is 2.33. The van der Waals surface area contributed by atoms with Gasteiger partial charge in [-0.15, -0.1) is 0 Å². The second-order valence-corrected chi connectivity index (χ2v) is 5.40. The van der Waals surface area contributed by atoms with Crippen LogP contribution in [0.1, 0.15) is 47.0 Å². The highest BCUT2D eigenvalue weighted by atomic mass is 14.3. The lowest BCUT2D eigenvalue weighted by atomic mass is 9.78. The Bertz CT molecular complexity index is 415. The summed E-state index contributed by atoms with van der Waals surface area (Å²) in [6.07, 6.45) is 20.4. The van der Waals surface area contributed by atoms with E-state index in [0.29, 0.717) is 11.8 Å². The summed E-state index contributed by atoms with van der Waals surface area (Å²) in [6.45, 7) is 16.6. The topological polar surface area (TPSA) is 0 Å². The maximum absolute atomic E-state index is 4.02. The van der Waals surface area contributed by atoms with Crippen molar-refractivity contribution in [2.45, 2.75) is 47.0 Å². The number of hydrogen-bond donors (Lipinski definition) is 0. The Balaban J connectivity index is 5.67. The van der Waals surface area contributed by atoms with E-state index in [0.717, 1.165) is 0 Å². The van der Waals surface area contributed by atoms with Crippen LogP contribution < -0.4 is 0 Å². The van der Waals surface area contributed by atoms with Crippen molar-refractivity contribution in [3.8, 4) is 0 Å². The number of unbranched alkanes of at least 4 members (excludes halogenated alkanes) is 1. The molecule has 0 aliphatic carbocycles. The molecule has 0 aromatic rings. The van der Waals surface area contributed by atoms with Gasteiger partial charge < -0.3 is 0 Å². The first-order chi connectivity index (χ1) is 10.2. The van der Waals surface area contributed by atoms with Crippen LogP contribution in [0.25, 0.3) is 0 Å². The van der Waals surface area contributed by atoms with Crippen molar-refractivity contribution in [3.63, 3.8) is 0 Å². The zero-order valence-electron chi connectivity index (χ0n) is 14.3. The molecule has 0 fully saturated rings. The highest BCUT2D eigenvalue weighted by Gasteiger charge is 2.21. The third-order valence-corrected chi connectivity index (χ3v) is 3.69. The van der Waals surface area contributed by atoms with Crippen LogP contribution >= 0.6 is 0 Å². The molecule has 0 aliphatic rings. The lowest BCUT2D eigenvalue weighted by molar-refractivity contribution is 0.424. The van der Waals surface area contributed by atoms with Crippen LogP contribution in [0.3, 0.4) is 0 Å². The fourth-order valence-corrected chi connectivity index (χ4v) is 2.64. The number of allylic oxidation sites excluding steroid dienone is 10. The molecular formula is C21H32. The summed E-state index contributed by atoms with van der Waals surface area (Å²) in [5.41, 5.74) is 2.59. The lowest BCUT2D eigenvalue weighted by Gasteiger charge is -2.26. The molecule has 0 nitrogen and oxygen atoms in total. The van der Waals surface area contributed by atoms with Crippen LogP contribution in [0.5, 0.6) is 0 Å². The van der Waals surface area contributed by atoms with E-state index in [1.165, 1.54) is 30.4 Å². The summed E-state index contributed by atoms with van der Waals surface area (Å²) >= 11 is 0. The summed E-state index contributed by atoms with van der Waals surface area (Å²) in [4.78, 5) is 0. The third-order valence-electron chi connectivity index (χ3n) is 3.69. The molecule has 0 aromatic heterocycles. The van der Waals surface area contributed by atoms with Gasteiger partial charge in [-0.2, -0.15) is 0 Å². The molecule has 0 radical (unpaired) electrons. The highest BCUT2D eigenvalue weighted by molar-refractivity contribution is 5.38. The first kappa shape index (κ1) is 19.4. The van der Waals surface area contributed by atoms with Crippen molar-refractivity contribution in [2.75, 3.05) is 0 Å². The lowest BCUT2D eigenvalue weighted by Crippen LogP contribution is -2.16. The monoisotopic (exact) mass is 284 g/mol. The summed E-state index contributed by atoms with van der Waals surface area (Å²) in [7, 11) is 0. The minimum atomic E-state index is 0.374. The molecule has 116 valence electrons. The van der Waals surface area contributed by atoms with Crippen LogP contribution in [-0.4, -0.2) is 0 Å². The Hall–Kier alpha value is -1.56. The SMILES string of the molecule is C=C/C=C(\C=C/C)C(/C(C=C)=C/C=C\C)C(C)CCCC. The van der Waals surface area contributed by atoms with Crippen molar-refractivity contribution in [1.29, 1.82) is 0 Å². The summed E-state index contributed by atoms with van der Waals surface area (Å²) in [6, 6.07) is 0. The van der Waals surface area contributed by atoms with Gasteiger partial charge in [0.05, 0.1) is 0 Å². The first-order valence-electron chi connectivity index (χ1n) is 8.06. The van der Waals surface area contributed by atoms with Gasteiger partial charge in [-0.05, 0) is 37.3 Å². The van der Waals surface area contributed by atoms with Gasteiger partial charge >= 0.3 is 0 Å². The quantitative estimate of drug-likeness (QED) is 0.387. The van der Waals surface area contributed by atoms with Crippen LogP contribution in [0.2, 0.25) is 0 Å². The maximum Gasteiger partial charge on any atom is 0.0115 e. The maximum atomic E-state index is 4.02. The number of hydrogen-bond acceptors (Lipinski definition) is 0. The fourth-order valence-electron chi connectivity index (χ4n) is 2.64. The zero-order valence-corrected chi connectivity index (χ0v) is 14.3. The number of rotatable bonds is 10. The van der Waals surface area contributed by atoms with Crippen molar-refractivity contribution in [1.82, 2.24) is 0 Å². The minimum Gasteiger partial charge on any atom is -0.0991 e. The van der Waals surface area contributed by atoms with Crippen LogP contribution in [-0.2, 0) is 0 Å². The normalized spacial score (nSPS) is 16.4. The molecule has 0 rings (SSSR count). The van der Waals surface area contributed by atoms with Crippen LogP contribution in [0.4, 0.5) is 0 Å². The fraction of sp³-hybridized carbons (Fsp3) is 0.429. The molecule has 0 amide bonds. The molecule has 0 heterocycles. The smallest absolute Gasteiger partial charge is 0.0115 e. The summed E-state index contributed by atoms with van der Waals surface area (Å²) in [5.74, 6) is 0.960. The van der Waals surface area contributed by atoms with E-state index >= 15 is 0 Å². The molecule has 0 saturated carbocycles. The molecule has 0 aromatic carbocycles. The predicted molar refractivity (Wildman–Crippen MR) is 98.4 cm³/mol. The van der Waals surface area contributed by atoms with Crippen molar-refractivity contribution < 1.29 is 0 Å². The average Bonchev–Trinajstić information content (AvgIpc) is 2.49. The first-order valence-corrected chi connectivity index (χ1v) is 8.06. The van der Waals surface area contributed by atoms with Crippen LogP contribution in [0.15, 0.2) is 72.9 Å². The van der Waals surface area contributed by atoms with Gasteiger partial charge in [-0.1, -0.05) is 88.5 Å². The predicted octanol–water partition coefficient (Wildman–Crippen LogP) is 6.81. The summed E-state index contributed by atoms with van der Waals surface area (Å²) in [5, 5.41) is 0. The minimum absolute atomic E-state index is 0.374. The van der Waals surface area contributed by atoms with Gasteiger partial charge in [0.25, 0.3) is 0 Å². The van der Waals surface area contributed by atoms with Gasteiger partial charge in [-0.3, -0.25) is 0 Å². The van der Waals surface area contributed by atoms with Crippen molar-refractivity contribution in [2.24, 2.45) is 11.8 Å². The Morgan fingerprint density at radius 1 is 1.05 bits per heavy atom. The summed E-state index contributed by atoms with van der Waals surface area (Å²) < 4.78 is 0. The van der Waals surface area contributed by atoms with E-state index in [9.17, 15) is 0 Å². The van der Waals surface area contributed by atoms with Crippen LogP contribution in [0, 0.1) is 11.8 Å². The van der Waals surface area contributed by atoms with E-state index in [2.05, 4.69) is 70.4 Å². The van der Waals surface area contributed by atoms with Gasteiger partial charge in [0.2, 0.25) is 0 Å². The Kier molecular flexibility index (Phi) is 11.3. The van der Waals surface area contributed by atoms with E-state index < -0.39 is 0 Å². The van der Waals surface area contributed by atoms with Crippen molar-refractivity contribution >= 4 is 0 Å². The Morgan fingerprint density at radius 3 is 2.24 bits per heavy atom. The molecular weight excluding hydrogens is 252 g/mol. The average molecular weight is 284 g/mol. The van der Waals surface area contributed by atoms with E-state index in [1.54, 1.807) is 0 Å². The molecule has 0 spiro atoms. The molecule has 0 heteroatoms. The standard InChI is InChI=1S/C21H32/c1-7-12-16-18(6)21(19(11-5)17-13-8-2)20(14-9-3)15-10-4/h8-11,13-15,17-18,21H,3,5,7,12,16H2,1-2,4,6H3/b13-8-,15-10-,19-17+,20-14+. The van der Waals surface area contributed by atoms with Gasteiger partial charge in [-0.25, -0.2) is 0 Å². The van der Waals surface area contributed by atoms with E-state index in [1.807, 2.05) is 19.1 Å². The second kappa shape index (κ2) is 12.2. The van der Waals surface area contributed by atoms with Crippen molar-refractivity contribution in [3.05, 3.63) is 72.9 Å². The molecule has 0 aliphatic heterocycles. The Labute approximate surface area is 132 Å². The second-order valence-electron chi connectivity index (χ2n) is 5.40. The zero-order chi connectivity index (χ0) is 16.1. The molecule has 0 N–H and O–H groups in total. The van der Waals surface area contributed by atoms with Gasteiger partial charge in [0.1, 0.15) is 0 Å². The largest absolute Gasteiger partial charge is 0.0991 e. The van der Waals surface area contributed by atoms with Gasteiger partial charge in [0.15, 0.2) is 0 Å². The molecule has 2 unspecified atom stereocenters.